The summed E-state index contributed by atoms with van der Waals surface area (Å²) >= 11 is 6.77. The fraction of sp³-hybridized carbons (Fsp3) is 0.462. The minimum absolute atomic E-state index is 0. The second-order valence-corrected chi connectivity index (χ2v) is 6.57. The third kappa shape index (κ3) is 5.95. The molecule has 0 bridgehead atoms. The van der Waals surface area contributed by atoms with Crippen molar-refractivity contribution in [1.82, 2.24) is 5.32 Å². The van der Waals surface area contributed by atoms with Crippen molar-refractivity contribution in [2.75, 3.05) is 0 Å². The molecule has 2 rings (SSSR count). The van der Waals surface area contributed by atoms with E-state index in [1.54, 1.807) is 18.2 Å². The summed E-state index contributed by atoms with van der Waals surface area (Å²) in [6.45, 7) is 0. The van der Waals surface area contributed by atoms with Gasteiger partial charge in [-0.3, -0.25) is 0 Å². The quantitative estimate of drug-likeness (QED) is 0.262. The van der Waals surface area contributed by atoms with Gasteiger partial charge in [-0.05, 0) is 18.9 Å². The van der Waals surface area contributed by atoms with Gasteiger partial charge in [-0.1, -0.05) is 43.2 Å². The highest BCUT2D eigenvalue weighted by molar-refractivity contribution is 8.23. The zero-order valence-electron chi connectivity index (χ0n) is 12.0. The van der Waals surface area contributed by atoms with Crippen molar-refractivity contribution < 1.29 is 26.8 Å². The number of benzene rings is 1. The second kappa shape index (κ2) is 10.6. The van der Waals surface area contributed by atoms with Crippen molar-refractivity contribution in [2.24, 2.45) is 0 Å². The molecule has 1 fully saturated rings. The third-order valence-corrected chi connectivity index (χ3v) is 4.66. The molecule has 1 aliphatic rings. The van der Waals surface area contributed by atoms with Crippen LogP contribution in [0.4, 0.5) is 11.4 Å². The monoisotopic (exact) mass is 348 g/mol. The molecule has 7 nitrogen and oxygen atoms in total. The van der Waals surface area contributed by atoms with Crippen LogP contribution in [-0.2, 0) is 0 Å². The highest BCUT2D eigenvalue weighted by atomic mass is 32.2. The molecule has 0 unspecified atom stereocenters. The predicted octanol–water partition coefficient (Wildman–Crippen LogP) is 0.0470. The van der Waals surface area contributed by atoms with Gasteiger partial charge < -0.3 is 16.3 Å². The van der Waals surface area contributed by atoms with Crippen LogP contribution in [0.3, 0.4) is 0 Å². The molecule has 0 spiro atoms. The maximum atomic E-state index is 10.6. The summed E-state index contributed by atoms with van der Waals surface area (Å²) in [6, 6.07) is 5.51. The van der Waals surface area contributed by atoms with E-state index in [4.69, 9.17) is 12.2 Å². The Balaban J connectivity index is 0.00000220. The van der Waals surface area contributed by atoms with Crippen LogP contribution >= 0.6 is 24.0 Å². The zero-order chi connectivity index (χ0) is 14.4. The Labute approximate surface area is 138 Å². The lowest BCUT2D eigenvalue weighted by atomic mass is 9.96. The lowest BCUT2D eigenvalue weighted by molar-refractivity contribution is -0.827. The van der Waals surface area contributed by atoms with Gasteiger partial charge in [-0.25, -0.2) is 5.21 Å². The molecule has 124 valence electrons. The molecule has 1 aliphatic carbocycles. The third-order valence-electron chi connectivity index (χ3n) is 3.40. The van der Waals surface area contributed by atoms with Gasteiger partial charge in [0.2, 0.25) is 0 Å². The number of quaternary nitrogens is 1. The molecule has 1 saturated carbocycles. The van der Waals surface area contributed by atoms with Gasteiger partial charge in [0.1, 0.15) is 4.32 Å². The Hall–Kier alpha value is -1.10. The number of hydrogen-bond donors (Lipinski definition) is 4. The molecule has 22 heavy (non-hydrogen) atoms. The first kappa shape index (κ1) is 20.9. The number of nitrogens with two attached hydrogens (primary N) is 1. The Bertz CT molecular complexity index is 496. The minimum atomic E-state index is 0. The average Bonchev–Trinajstić information content (AvgIpc) is 2.48. The second-order valence-electron chi connectivity index (χ2n) is 4.85. The molecular formula is C13H22N3O4S2+. The molecule has 9 heteroatoms. The first-order valence-corrected chi connectivity index (χ1v) is 7.93. The van der Waals surface area contributed by atoms with Crippen LogP contribution in [0.5, 0.6) is 0 Å². The van der Waals surface area contributed by atoms with E-state index < -0.39 is 0 Å². The van der Waals surface area contributed by atoms with E-state index in [-0.39, 0.29) is 11.0 Å². The van der Waals surface area contributed by atoms with Crippen LogP contribution in [0.1, 0.15) is 32.1 Å². The van der Waals surface area contributed by atoms with Crippen LogP contribution in [0.15, 0.2) is 23.1 Å². The molecule has 0 aliphatic heterocycles. The molecule has 0 atom stereocenters. The Morgan fingerprint density at radius 3 is 2.64 bits per heavy atom. The topological polar surface area (TPSA) is 141 Å². The lowest BCUT2D eigenvalue weighted by Gasteiger charge is -2.23. The highest BCUT2D eigenvalue weighted by Crippen LogP contribution is 2.27. The highest BCUT2D eigenvalue weighted by Gasteiger charge is 2.17. The SMILES string of the molecule is O.O=[NH+]c1ccc(SC(=S)NC2CCCCC2)c([NH2+]O)c1.[OH-]. The Morgan fingerprint density at radius 2 is 2.05 bits per heavy atom. The fourth-order valence-corrected chi connectivity index (χ4v) is 3.58. The first-order valence-electron chi connectivity index (χ1n) is 6.71. The molecule has 1 aromatic rings. The van der Waals surface area contributed by atoms with Gasteiger partial charge in [0.15, 0.2) is 5.69 Å². The van der Waals surface area contributed by atoms with E-state index in [0.29, 0.717) is 21.7 Å². The zero-order valence-corrected chi connectivity index (χ0v) is 13.7. The molecule has 1 aromatic carbocycles. The molecule has 0 aromatic heterocycles. The summed E-state index contributed by atoms with van der Waals surface area (Å²) < 4.78 is 0.711. The Kier molecular flexibility index (Phi) is 10.1. The summed E-state index contributed by atoms with van der Waals surface area (Å²) in [4.78, 5) is 11.4. The summed E-state index contributed by atoms with van der Waals surface area (Å²) in [6.07, 6.45) is 6.15. The van der Waals surface area contributed by atoms with Crippen molar-refractivity contribution in [1.29, 1.82) is 0 Å². The maximum absolute atomic E-state index is 10.6. The summed E-state index contributed by atoms with van der Waals surface area (Å²) in [5, 5.41) is 14.4. The number of thiocarbonyl (C=S) groups is 1. The van der Waals surface area contributed by atoms with Crippen molar-refractivity contribution in [3.63, 3.8) is 0 Å². The molecule has 0 radical (unpaired) electrons. The normalized spacial score (nSPS) is 14.4. The van der Waals surface area contributed by atoms with E-state index >= 15 is 0 Å². The van der Waals surface area contributed by atoms with Gasteiger partial charge in [0.25, 0.3) is 5.69 Å². The van der Waals surface area contributed by atoms with Crippen LogP contribution in [-0.4, -0.2) is 26.5 Å². The van der Waals surface area contributed by atoms with Crippen LogP contribution < -0.4 is 16.0 Å². The van der Waals surface area contributed by atoms with Crippen molar-refractivity contribution in [2.45, 2.75) is 43.0 Å². The van der Waals surface area contributed by atoms with Crippen molar-refractivity contribution in [3.8, 4) is 0 Å². The number of rotatable bonds is 4. The van der Waals surface area contributed by atoms with E-state index in [1.807, 2.05) is 5.18 Å². The van der Waals surface area contributed by atoms with Crippen molar-refractivity contribution in [3.05, 3.63) is 23.1 Å². The molecular weight excluding hydrogens is 326 g/mol. The number of nitroso groups, excluding NO2 is 1. The predicted molar refractivity (Wildman–Crippen MR) is 87.8 cm³/mol. The summed E-state index contributed by atoms with van der Waals surface area (Å²) in [7, 11) is 0. The molecule has 0 amide bonds. The van der Waals surface area contributed by atoms with Gasteiger partial charge in [-0.2, -0.15) is 5.48 Å². The van der Waals surface area contributed by atoms with Crippen LogP contribution in [0.25, 0.3) is 0 Å². The van der Waals surface area contributed by atoms with E-state index in [9.17, 15) is 10.1 Å². The molecule has 8 N–H and O–H groups in total. The maximum Gasteiger partial charge on any atom is 0.259 e. The van der Waals surface area contributed by atoms with E-state index in [1.165, 1.54) is 43.9 Å². The number of hydrogen-bond acceptors (Lipinski definition) is 5. The van der Waals surface area contributed by atoms with Crippen molar-refractivity contribution >= 4 is 39.7 Å². The first-order chi connectivity index (χ1) is 9.72. The Morgan fingerprint density at radius 1 is 1.36 bits per heavy atom. The van der Waals surface area contributed by atoms with Crippen LogP contribution in [0, 0.1) is 4.91 Å². The summed E-state index contributed by atoms with van der Waals surface area (Å²) in [5.74, 6) is 0. The van der Waals surface area contributed by atoms with Gasteiger partial charge in [0.05, 0.1) is 11.0 Å². The molecule has 0 heterocycles. The smallest absolute Gasteiger partial charge is 0.259 e. The minimum Gasteiger partial charge on any atom is -0.870 e. The van der Waals surface area contributed by atoms with E-state index in [0.717, 1.165) is 10.4 Å². The molecule has 0 saturated heterocycles. The standard InChI is InChI=1S/C13H17N3O2S2.2H2O/c17-15-10-6-7-12(11(8-10)16-18)20-13(19)14-9-4-2-1-3-5-9;;/h6-9,16,18H,1-5H2,(H,14,19);2*1H2/p+1. The van der Waals surface area contributed by atoms with Gasteiger partial charge >= 0.3 is 0 Å². The number of thioether (sulfide) groups is 1. The van der Waals surface area contributed by atoms with Gasteiger partial charge in [0, 0.05) is 22.2 Å². The summed E-state index contributed by atoms with van der Waals surface area (Å²) in [5.41, 5.74) is 2.00. The fourth-order valence-electron chi connectivity index (χ4n) is 2.35. The van der Waals surface area contributed by atoms with Crippen LogP contribution in [0.2, 0.25) is 0 Å². The van der Waals surface area contributed by atoms with Gasteiger partial charge in [-0.15, -0.1) is 0 Å². The lowest BCUT2D eigenvalue weighted by Crippen LogP contribution is -2.74. The van der Waals surface area contributed by atoms with E-state index in [2.05, 4.69) is 5.32 Å². The largest absolute Gasteiger partial charge is 0.870 e. The number of nitrogens with one attached hydrogen (secondary N) is 2. The average molecular weight is 348 g/mol.